The van der Waals surface area contributed by atoms with Crippen LogP contribution in [-0.2, 0) is 22.6 Å². The van der Waals surface area contributed by atoms with Gasteiger partial charge in [0.05, 0.1) is 6.42 Å². The summed E-state index contributed by atoms with van der Waals surface area (Å²) in [6, 6.07) is 22.7. The molecule has 1 aliphatic rings. The zero-order valence-electron chi connectivity index (χ0n) is 20.8. The quantitative estimate of drug-likeness (QED) is 0.310. The molecular formula is C31H32FN3O2. The average Bonchev–Trinajstić information content (AvgIpc) is 3.33. The van der Waals surface area contributed by atoms with E-state index in [1.54, 1.807) is 17.0 Å². The van der Waals surface area contributed by atoms with Crippen LogP contribution in [0.15, 0.2) is 85.1 Å². The van der Waals surface area contributed by atoms with Gasteiger partial charge in [0.25, 0.3) is 0 Å². The molecule has 1 saturated carbocycles. The predicted octanol–water partition coefficient (Wildman–Crippen LogP) is 6.07. The first-order valence-corrected chi connectivity index (χ1v) is 13.0. The molecule has 2 N–H and O–H groups in total. The third kappa shape index (κ3) is 5.91. The molecule has 0 bridgehead atoms. The zero-order chi connectivity index (χ0) is 25.6. The Balaban J connectivity index is 1.50. The van der Waals surface area contributed by atoms with Crippen molar-refractivity contribution >= 4 is 22.7 Å². The summed E-state index contributed by atoms with van der Waals surface area (Å²) < 4.78 is 13.8. The fourth-order valence-electron chi connectivity index (χ4n) is 5.29. The van der Waals surface area contributed by atoms with Crippen molar-refractivity contribution < 1.29 is 14.0 Å². The van der Waals surface area contributed by atoms with Crippen molar-refractivity contribution in [2.75, 3.05) is 0 Å². The zero-order valence-corrected chi connectivity index (χ0v) is 20.8. The molecule has 1 aromatic heterocycles. The normalized spacial score (nSPS) is 14.8. The third-order valence-electron chi connectivity index (χ3n) is 7.23. The summed E-state index contributed by atoms with van der Waals surface area (Å²) in [5, 5.41) is 4.20. The topological polar surface area (TPSA) is 65.2 Å². The molecule has 6 heteroatoms. The predicted molar refractivity (Wildman–Crippen MR) is 143 cm³/mol. The first-order chi connectivity index (χ1) is 18.1. The van der Waals surface area contributed by atoms with Gasteiger partial charge in [0, 0.05) is 29.7 Å². The minimum atomic E-state index is -0.875. The Morgan fingerprint density at radius 2 is 1.62 bits per heavy atom. The molecule has 1 fully saturated rings. The van der Waals surface area contributed by atoms with E-state index in [1.165, 1.54) is 18.6 Å². The van der Waals surface area contributed by atoms with E-state index in [4.69, 9.17) is 0 Å². The van der Waals surface area contributed by atoms with E-state index in [-0.39, 0.29) is 36.6 Å². The van der Waals surface area contributed by atoms with Gasteiger partial charge in [-0.3, -0.25) is 9.59 Å². The monoisotopic (exact) mass is 497 g/mol. The molecular weight excluding hydrogens is 465 g/mol. The minimum Gasteiger partial charge on any atom is -0.361 e. The number of nitrogens with one attached hydrogen (secondary N) is 2. The van der Waals surface area contributed by atoms with E-state index < -0.39 is 6.04 Å². The maximum absolute atomic E-state index is 14.0. The Kier molecular flexibility index (Phi) is 7.64. The van der Waals surface area contributed by atoms with Crippen LogP contribution in [-0.4, -0.2) is 27.7 Å². The van der Waals surface area contributed by atoms with Gasteiger partial charge in [-0.2, -0.15) is 0 Å². The van der Waals surface area contributed by atoms with Crippen LogP contribution >= 0.6 is 0 Å². The molecule has 1 heterocycles. The summed E-state index contributed by atoms with van der Waals surface area (Å²) in [4.78, 5) is 32.7. The molecule has 0 aliphatic heterocycles. The van der Waals surface area contributed by atoms with Crippen molar-refractivity contribution in [1.82, 2.24) is 15.2 Å². The van der Waals surface area contributed by atoms with E-state index >= 15 is 0 Å². The van der Waals surface area contributed by atoms with E-state index in [1.807, 2.05) is 60.8 Å². The summed E-state index contributed by atoms with van der Waals surface area (Å²) in [5.41, 5.74) is 3.36. The van der Waals surface area contributed by atoms with Gasteiger partial charge in [0.1, 0.15) is 11.9 Å². The van der Waals surface area contributed by atoms with E-state index in [9.17, 15) is 14.0 Å². The SMILES string of the molecule is O=C(NC1CCCCC1)C(c1ccc(F)cc1)N(Cc1ccccc1)C(=O)Cc1c[nH]c2ccccc12. The average molecular weight is 498 g/mol. The molecule has 1 atom stereocenters. The first-order valence-electron chi connectivity index (χ1n) is 13.0. The number of hydrogen-bond acceptors (Lipinski definition) is 2. The molecule has 4 aromatic rings. The lowest BCUT2D eigenvalue weighted by atomic mass is 9.94. The lowest BCUT2D eigenvalue weighted by molar-refractivity contribution is -0.141. The molecule has 1 aliphatic carbocycles. The second-order valence-corrected chi connectivity index (χ2v) is 9.84. The highest BCUT2D eigenvalue weighted by molar-refractivity contribution is 5.92. The number of para-hydroxylation sites is 1. The number of benzene rings is 3. The van der Waals surface area contributed by atoms with Gasteiger partial charge in [0.15, 0.2) is 0 Å². The van der Waals surface area contributed by atoms with Crippen LogP contribution < -0.4 is 5.32 Å². The number of rotatable bonds is 8. The number of amides is 2. The molecule has 0 spiro atoms. The second-order valence-electron chi connectivity index (χ2n) is 9.84. The molecule has 0 saturated heterocycles. The van der Waals surface area contributed by atoms with E-state index in [0.29, 0.717) is 5.56 Å². The van der Waals surface area contributed by atoms with Crippen molar-refractivity contribution in [2.45, 2.75) is 57.2 Å². The van der Waals surface area contributed by atoms with Crippen LogP contribution in [0.1, 0.15) is 54.8 Å². The number of fused-ring (bicyclic) bond motifs is 1. The van der Waals surface area contributed by atoms with Gasteiger partial charge in [-0.15, -0.1) is 0 Å². The van der Waals surface area contributed by atoms with Crippen molar-refractivity contribution in [2.24, 2.45) is 0 Å². The first kappa shape index (κ1) is 24.8. The second kappa shape index (κ2) is 11.4. The maximum atomic E-state index is 14.0. The van der Waals surface area contributed by atoms with Gasteiger partial charge in [-0.1, -0.05) is 79.9 Å². The van der Waals surface area contributed by atoms with Crippen LogP contribution in [0.5, 0.6) is 0 Å². The Bertz CT molecular complexity index is 1340. The van der Waals surface area contributed by atoms with Gasteiger partial charge < -0.3 is 15.2 Å². The minimum absolute atomic E-state index is 0.0893. The van der Waals surface area contributed by atoms with Gasteiger partial charge in [0.2, 0.25) is 11.8 Å². The maximum Gasteiger partial charge on any atom is 0.247 e. The summed E-state index contributed by atoms with van der Waals surface area (Å²) >= 11 is 0. The summed E-state index contributed by atoms with van der Waals surface area (Å²) in [6.07, 6.45) is 7.22. The van der Waals surface area contributed by atoms with Crippen molar-refractivity contribution in [1.29, 1.82) is 0 Å². The Morgan fingerprint density at radius 1 is 0.919 bits per heavy atom. The fourth-order valence-corrected chi connectivity index (χ4v) is 5.29. The lowest BCUT2D eigenvalue weighted by Gasteiger charge is -2.33. The summed E-state index contributed by atoms with van der Waals surface area (Å²) in [7, 11) is 0. The smallest absolute Gasteiger partial charge is 0.247 e. The van der Waals surface area contributed by atoms with Gasteiger partial charge in [-0.05, 0) is 47.7 Å². The molecule has 37 heavy (non-hydrogen) atoms. The Hall–Kier alpha value is -3.93. The van der Waals surface area contributed by atoms with Gasteiger partial charge >= 0.3 is 0 Å². The number of H-pyrrole nitrogens is 1. The Labute approximate surface area is 216 Å². The summed E-state index contributed by atoms with van der Waals surface area (Å²) in [6.45, 7) is 0.266. The Morgan fingerprint density at radius 3 is 2.38 bits per heavy atom. The van der Waals surface area contributed by atoms with Crippen molar-refractivity contribution in [3.8, 4) is 0 Å². The highest BCUT2D eigenvalue weighted by Gasteiger charge is 2.33. The molecule has 2 amide bonds. The number of halogens is 1. The van der Waals surface area contributed by atoms with Crippen LogP contribution in [0.4, 0.5) is 4.39 Å². The number of carbonyl (C=O) groups is 2. The van der Waals surface area contributed by atoms with E-state index in [2.05, 4.69) is 10.3 Å². The number of aromatic nitrogens is 1. The number of nitrogens with zero attached hydrogens (tertiary/aromatic N) is 1. The van der Waals surface area contributed by atoms with Crippen LogP contribution in [0.3, 0.4) is 0 Å². The van der Waals surface area contributed by atoms with E-state index in [0.717, 1.165) is 47.7 Å². The fraction of sp³-hybridized carbons (Fsp3) is 0.290. The van der Waals surface area contributed by atoms with Crippen molar-refractivity contribution in [3.05, 3.63) is 108 Å². The highest BCUT2D eigenvalue weighted by atomic mass is 19.1. The number of hydrogen-bond donors (Lipinski definition) is 2. The lowest BCUT2D eigenvalue weighted by Crippen LogP contribution is -2.47. The highest BCUT2D eigenvalue weighted by Crippen LogP contribution is 2.28. The molecule has 0 radical (unpaired) electrons. The van der Waals surface area contributed by atoms with Crippen LogP contribution in [0.2, 0.25) is 0 Å². The molecule has 3 aromatic carbocycles. The third-order valence-corrected chi connectivity index (χ3v) is 7.23. The molecule has 5 nitrogen and oxygen atoms in total. The van der Waals surface area contributed by atoms with Crippen LogP contribution in [0, 0.1) is 5.82 Å². The molecule has 5 rings (SSSR count). The largest absolute Gasteiger partial charge is 0.361 e. The number of aromatic amines is 1. The number of carbonyl (C=O) groups excluding carboxylic acids is 2. The standard InChI is InChI=1S/C31H32FN3O2/c32-25-17-15-23(16-18-25)30(31(37)34-26-11-5-2-6-12-26)35(21-22-9-3-1-4-10-22)29(36)19-24-20-33-28-14-8-7-13-27(24)28/h1,3-4,7-10,13-18,20,26,30,33H,2,5-6,11-12,19,21H2,(H,34,37). The summed E-state index contributed by atoms with van der Waals surface area (Å²) in [5.74, 6) is -0.765. The van der Waals surface area contributed by atoms with Crippen LogP contribution in [0.25, 0.3) is 10.9 Å². The molecule has 1 unspecified atom stereocenters. The van der Waals surface area contributed by atoms with Gasteiger partial charge in [-0.25, -0.2) is 4.39 Å². The van der Waals surface area contributed by atoms with Crippen molar-refractivity contribution in [3.63, 3.8) is 0 Å². The molecule has 190 valence electrons.